The minimum Gasteiger partial charge on any atom is -0.481 e. The van der Waals surface area contributed by atoms with E-state index in [2.05, 4.69) is 61.7 Å². The molecule has 0 spiro atoms. The molecule has 2 rings (SSSR count). The average molecular weight is 1660 g/mol. The number of carbonyl (C=O) groups excluding carboxylic acids is 14. The maximum absolute atomic E-state index is 15.6. The molecule has 0 aromatic carbocycles. The van der Waals surface area contributed by atoms with Crippen LogP contribution in [0.2, 0.25) is 0 Å². The number of methoxy groups -OCH3 is 1. The molecule has 2 aliphatic rings. The molecule has 2 saturated heterocycles. The van der Waals surface area contributed by atoms with E-state index in [0.717, 1.165) is 22.6 Å². The summed E-state index contributed by atoms with van der Waals surface area (Å²) in [6, 6.07) is -19.6. The minimum atomic E-state index is -2.73. The van der Waals surface area contributed by atoms with Crippen molar-refractivity contribution in [2.24, 2.45) is 76.2 Å². The van der Waals surface area contributed by atoms with E-state index in [9.17, 15) is 88.2 Å². The van der Waals surface area contributed by atoms with E-state index in [-0.39, 0.29) is 102 Å². The highest BCUT2D eigenvalue weighted by molar-refractivity contribution is 5.99. The number of hydrogen-bond donors (Lipinski definition) is 19. The Kier molecular flexibility index (Phi) is 45.2. The van der Waals surface area contributed by atoms with Gasteiger partial charge in [-0.1, -0.05) is 89.5 Å². The lowest BCUT2D eigenvalue weighted by Crippen LogP contribution is -2.65. The number of nitrogens with zero attached hydrogens (tertiary/aromatic N) is 2. The van der Waals surface area contributed by atoms with Crippen molar-refractivity contribution in [1.29, 1.82) is 0 Å². The molecule has 662 valence electrons. The highest BCUT2D eigenvalue weighted by Crippen LogP contribution is 2.30. The zero-order valence-corrected chi connectivity index (χ0v) is 70.0. The van der Waals surface area contributed by atoms with Gasteiger partial charge in [0.2, 0.25) is 70.9 Å². The second-order valence-corrected chi connectivity index (χ2v) is 32.3. The summed E-state index contributed by atoms with van der Waals surface area (Å²) < 4.78 is 11.8. The first-order valence-electron chi connectivity index (χ1n) is 40.3. The highest BCUT2D eigenvalue weighted by Gasteiger charge is 2.48. The predicted molar refractivity (Wildman–Crippen MR) is 421 cm³/mol. The van der Waals surface area contributed by atoms with Gasteiger partial charge >= 0.3 is 17.9 Å². The lowest BCUT2D eigenvalue weighted by molar-refractivity contribution is -0.168. The molecule has 2 heterocycles. The van der Waals surface area contributed by atoms with E-state index in [1.54, 1.807) is 34.6 Å². The molecule has 13 amide bonds. The SMILES string of the molecule is CCC(C)CC(C)CC(C)C(O)C(C)C(=O)NC(CCCN)C(=O)NC(CCC(=O)O)C(O)C(O)C(=O)NC(C(=O)NC1C(=O)NC(CO)C(=O)NC(CCCN)C(=O)NC(CC(C)C)C(=O)N(C)C(CCC(N)=O)CC(=O)NC(C(C)OC)C(=O)NC(CC(=O)O)C(=O)N2CCCCC2C(=O)OC1C(C)C(C)C)C(C)C(C)C(N)=O. The molecule has 0 aliphatic carbocycles. The average Bonchev–Trinajstić information content (AvgIpc) is 0.801. The first-order chi connectivity index (χ1) is 54.2. The Morgan fingerprint density at radius 3 is 1.79 bits per heavy atom. The van der Waals surface area contributed by atoms with Crippen molar-refractivity contribution in [3.05, 3.63) is 0 Å². The zero-order valence-electron chi connectivity index (χ0n) is 70.0. The topological polar surface area (TPSA) is 632 Å². The number of carboxylic acids is 2. The molecule has 39 heteroatoms. The van der Waals surface area contributed by atoms with Gasteiger partial charge in [0.25, 0.3) is 5.91 Å². The third-order valence-corrected chi connectivity index (χ3v) is 22.2. The van der Waals surface area contributed by atoms with Crippen molar-refractivity contribution in [3.63, 3.8) is 0 Å². The van der Waals surface area contributed by atoms with Gasteiger partial charge in [0.05, 0.1) is 37.2 Å². The van der Waals surface area contributed by atoms with Gasteiger partial charge in [-0.05, 0) is 138 Å². The summed E-state index contributed by atoms with van der Waals surface area (Å²) >= 11 is 0. The Labute approximate surface area is 679 Å². The Balaban J connectivity index is 3.09. The second-order valence-electron chi connectivity index (χ2n) is 32.3. The molecule has 39 nitrogen and oxygen atoms in total. The number of carboxylic acid groups (broad SMARTS) is 2. The highest BCUT2D eigenvalue weighted by atomic mass is 16.5. The first kappa shape index (κ1) is 103. The van der Waals surface area contributed by atoms with Gasteiger partial charge in [-0.2, -0.15) is 0 Å². The van der Waals surface area contributed by atoms with Crippen LogP contribution in [-0.4, -0.2) is 273 Å². The number of aliphatic hydroxyl groups excluding tert-OH is 4. The van der Waals surface area contributed by atoms with E-state index >= 15 is 19.2 Å². The van der Waals surface area contributed by atoms with Crippen molar-refractivity contribution < 1.29 is 117 Å². The maximum atomic E-state index is 15.6. The molecule has 0 saturated carbocycles. The van der Waals surface area contributed by atoms with Crippen LogP contribution in [0.25, 0.3) is 0 Å². The Hall–Kier alpha value is -8.76. The van der Waals surface area contributed by atoms with Crippen LogP contribution in [0.4, 0.5) is 0 Å². The monoisotopic (exact) mass is 1650 g/mol. The molecule has 23 atom stereocenters. The molecule has 116 heavy (non-hydrogen) atoms. The van der Waals surface area contributed by atoms with Crippen LogP contribution >= 0.6 is 0 Å². The zero-order chi connectivity index (χ0) is 88.5. The van der Waals surface area contributed by atoms with Gasteiger partial charge in [-0.25, -0.2) is 4.79 Å². The minimum absolute atomic E-state index is 0.0130. The van der Waals surface area contributed by atoms with Gasteiger partial charge in [0, 0.05) is 51.9 Å². The number of esters is 1. The van der Waals surface area contributed by atoms with E-state index in [4.69, 9.17) is 32.4 Å². The van der Waals surface area contributed by atoms with E-state index < -0.39 is 254 Å². The molecule has 0 aromatic heterocycles. The summed E-state index contributed by atoms with van der Waals surface area (Å²) in [5.74, 6) is -24.9. The van der Waals surface area contributed by atoms with Crippen molar-refractivity contribution >= 4 is 94.7 Å². The molecular formula is C77H135N15O24. The fourth-order valence-corrected chi connectivity index (χ4v) is 14.1. The van der Waals surface area contributed by atoms with E-state index in [1.165, 1.54) is 48.8 Å². The standard InChI is InChI=1S/C77H135N15O24/c1-16-39(6)32-40(7)33-41(8)62(100)45(12)67(104)83-49(21-19-28-78)68(105)82-48(25-27-57(96)97)63(101)64(102)74(111)89-59(43(10)44(11)66(81)103)71(108)90-61-65(42(9)38(4)5)116-77(114)54-23-17-18-30-92(54)76(113)52(35-58(98)99)86-72(109)60(46(13)115-15)88-56(95)34-47(24-26-55(80)94)91(14)75(112)51(31-37(2)3)85-69(106)50(22-20-29-79)84-70(107)53(36-93)87-73(61)110/h37-54,59-65,93,100-102H,16-36,78-79H2,1-15H3,(H2,80,94)(H2,81,103)(H,82,105)(H,83,104)(H,84,107)(H,85,106)(H,86,109)(H,87,110)(H,88,95)(H,89,111)(H,90,108)(H,96,97)(H,98,99). The van der Waals surface area contributed by atoms with Crippen molar-refractivity contribution in [3.8, 4) is 0 Å². The Morgan fingerprint density at radius 2 is 1.24 bits per heavy atom. The molecule has 2 aliphatic heterocycles. The number of cyclic esters (lactones) is 1. The summed E-state index contributed by atoms with van der Waals surface area (Å²) in [4.78, 5) is 229. The van der Waals surface area contributed by atoms with Gasteiger partial charge in [-0.3, -0.25) is 71.9 Å². The lowest BCUT2D eigenvalue weighted by atomic mass is 9.83. The van der Waals surface area contributed by atoms with Gasteiger partial charge in [0.1, 0.15) is 66.6 Å². The Bertz CT molecular complexity index is 3300. The normalized spacial score (nSPS) is 24.5. The van der Waals surface area contributed by atoms with Crippen molar-refractivity contribution in [2.75, 3.05) is 40.4 Å². The number of nitrogens with two attached hydrogens (primary N) is 4. The largest absolute Gasteiger partial charge is 0.481 e. The number of aliphatic carboxylic acids is 2. The number of piperidine rings is 1. The molecule has 0 bridgehead atoms. The fourth-order valence-electron chi connectivity index (χ4n) is 14.1. The second kappa shape index (κ2) is 50.8. The number of hydrogen-bond acceptors (Lipinski definition) is 24. The summed E-state index contributed by atoms with van der Waals surface area (Å²) in [5, 5.41) is 88.4. The number of rotatable bonds is 41. The van der Waals surface area contributed by atoms with E-state index in [0.29, 0.717) is 12.3 Å². The summed E-state index contributed by atoms with van der Waals surface area (Å²) in [6.07, 6.45) is -11.2. The van der Waals surface area contributed by atoms with Crippen molar-refractivity contribution in [1.82, 2.24) is 57.7 Å². The van der Waals surface area contributed by atoms with Crippen LogP contribution in [0.5, 0.6) is 0 Å². The van der Waals surface area contributed by atoms with Gasteiger partial charge < -0.3 is 121 Å². The number of aliphatic hydroxyl groups is 4. The summed E-state index contributed by atoms with van der Waals surface area (Å²) in [5.41, 5.74) is 23.1. The van der Waals surface area contributed by atoms with Crippen LogP contribution in [0.15, 0.2) is 0 Å². The quantitative estimate of drug-likeness (QED) is 0.0270. The molecular weight excluding hydrogens is 1520 g/mol. The van der Waals surface area contributed by atoms with Gasteiger partial charge in [-0.15, -0.1) is 0 Å². The number of carbonyl (C=O) groups is 16. The molecule has 0 radical (unpaired) electrons. The number of fused-ring (bicyclic) bond motifs is 1. The van der Waals surface area contributed by atoms with Crippen LogP contribution in [-0.2, 0) is 86.2 Å². The number of primary amides is 2. The summed E-state index contributed by atoms with van der Waals surface area (Å²) in [7, 11) is 2.45. The lowest BCUT2D eigenvalue weighted by Gasteiger charge is -2.39. The van der Waals surface area contributed by atoms with Crippen molar-refractivity contribution in [2.45, 2.75) is 296 Å². The maximum Gasteiger partial charge on any atom is 0.329 e. The number of likely N-dealkylation sites (N-methyl/N-ethyl adjacent to an activating group) is 1. The van der Waals surface area contributed by atoms with Crippen LogP contribution in [0.3, 0.4) is 0 Å². The summed E-state index contributed by atoms with van der Waals surface area (Å²) in [6.45, 7) is 19.7. The fraction of sp³-hybridized carbons (Fsp3) is 0.792. The number of ether oxygens (including phenoxy) is 2. The number of amides is 13. The smallest absolute Gasteiger partial charge is 0.329 e. The molecule has 23 unspecified atom stereocenters. The molecule has 23 N–H and O–H groups in total. The number of nitrogens with one attached hydrogen (secondary N) is 9. The predicted octanol–water partition coefficient (Wildman–Crippen LogP) is -3.10. The third kappa shape index (κ3) is 33.0. The third-order valence-electron chi connectivity index (χ3n) is 22.2. The molecule has 0 aromatic rings. The first-order valence-corrected chi connectivity index (χ1v) is 40.3. The van der Waals surface area contributed by atoms with Crippen LogP contribution < -0.4 is 70.8 Å². The molecule has 2 fully saturated rings. The van der Waals surface area contributed by atoms with Crippen LogP contribution in [0.1, 0.15) is 199 Å². The van der Waals surface area contributed by atoms with Crippen LogP contribution in [0, 0.1) is 53.3 Å². The van der Waals surface area contributed by atoms with Gasteiger partial charge in [0.15, 0.2) is 6.10 Å². The Morgan fingerprint density at radius 1 is 0.638 bits per heavy atom. The van der Waals surface area contributed by atoms with E-state index in [1.807, 2.05) is 6.92 Å².